The summed E-state index contributed by atoms with van der Waals surface area (Å²) in [5, 5.41) is 1.19. The molecule has 0 aromatic heterocycles. The third kappa shape index (κ3) is 2.91. The van der Waals surface area contributed by atoms with Crippen LogP contribution in [0.4, 0.5) is 10.1 Å². The summed E-state index contributed by atoms with van der Waals surface area (Å²) in [5.41, 5.74) is 1.40. The molecular weight excluding hydrogens is 308 g/mol. The lowest BCUT2D eigenvalue weighted by Crippen LogP contribution is -2.15. The Morgan fingerprint density at radius 1 is 1.21 bits per heavy atom. The predicted octanol–water partition coefficient (Wildman–Crippen LogP) is 5.19. The standard InChI is InChI=1S/C14H13Cl3FN/c1-19(2)12-5-3-4-11(18)13(12)8-6-9(15)14(17)10(16)7-8/h3-6,8H,7H2,1-2H3. The SMILES string of the molecule is CN(C)c1cccc(F)c1C1C=C(Cl)C(Cl)=C(Cl)C1. The second-order valence-corrected chi connectivity index (χ2v) is 5.85. The summed E-state index contributed by atoms with van der Waals surface area (Å²) in [6.45, 7) is 0. The number of hydrogen-bond acceptors (Lipinski definition) is 1. The van der Waals surface area contributed by atoms with E-state index < -0.39 is 0 Å². The highest BCUT2D eigenvalue weighted by Gasteiger charge is 2.25. The Morgan fingerprint density at radius 3 is 2.47 bits per heavy atom. The maximum atomic E-state index is 14.2. The zero-order chi connectivity index (χ0) is 14.2. The molecule has 0 bridgehead atoms. The van der Waals surface area contributed by atoms with E-state index in [1.807, 2.05) is 25.1 Å². The van der Waals surface area contributed by atoms with Crippen LogP contribution >= 0.6 is 34.8 Å². The molecule has 2 rings (SSSR count). The minimum absolute atomic E-state index is 0.207. The molecule has 1 nitrogen and oxygen atoms in total. The molecule has 1 unspecified atom stereocenters. The van der Waals surface area contributed by atoms with Crippen LogP contribution in [0.2, 0.25) is 0 Å². The molecule has 0 amide bonds. The van der Waals surface area contributed by atoms with Crippen LogP contribution in [0.25, 0.3) is 0 Å². The lowest BCUT2D eigenvalue weighted by Gasteiger charge is -2.25. The number of hydrogen-bond donors (Lipinski definition) is 0. The molecule has 0 spiro atoms. The van der Waals surface area contributed by atoms with Gasteiger partial charge in [-0.1, -0.05) is 46.9 Å². The van der Waals surface area contributed by atoms with E-state index in [1.54, 1.807) is 12.1 Å². The third-order valence-corrected chi connectivity index (χ3v) is 4.36. The smallest absolute Gasteiger partial charge is 0.129 e. The van der Waals surface area contributed by atoms with Gasteiger partial charge >= 0.3 is 0 Å². The highest BCUT2D eigenvalue weighted by Crippen LogP contribution is 2.43. The molecule has 0 radical (unpaired) electrons. The monoisotopic (exact) mass is 319 g/mol. The first kappa shape index (κ1) is 14.7. The Morgan fingerprint density at radius 2 is 1.89 bits per heavy atom. The zero-order valence-electron chi connectivity index (χ0n) is 10.6. The first-order valence-corrected chi connectivity index (χ1v) is 6.92. The van der Waals surface area contributed by atoms with Crippen molar-refractivity contribution >= 4 is 40.5 Å². The maximum absolute atomic E-state index is 14.2. The average molecular weight is 321 g/mol. The van der Waals surface area contributed by atoms with E-state index in [0.717, 1.165) is 5.69 Å². The minimum Gasteiger partial charge on any atom is -0.377 e. The van der Waals surface area contributed by atoms with Gasteiger partial charge in [0.2, 0.25) is 0 Å². The van der Waals surface area contributed by atoms with Gasteiger partial charge in [0.25, 0.3) is 0 Å². The molecule has 1 atom stereocenters. The maximum Gasteiger partial charge on any atom is 0.129 e. The fraction of sp³-hybridized carbons (Fsp3) is 0.286. The van der Waals surface area contributed by atoms with Crippen LogP contribution in [-0.2, 0) is 0 Å². The van der Waals surface area contributed by atoms with Crippen LogP contribution in [0, 0.1) is 5.82 Å². The largest absolute Gasteiger partial charge is 0.377 e. The van der Waals surface area contributed by atoms with Crippen LogP contribution in [0.15, 0.2) is 39.4 Å². The fourth-order valence-corrected chi connectivity index (χ4v) is 2.91. The van der Waals surface area contributed by atoms with Crippen molar-refractivity contribution in [3.63, 3.8) is 0 Å². The number of allylic oxidation sites excluding steroid dienone is 4. The van der Waals surface area contributed by atoms with Crippen LogP contribution < -0.4 is 4.90 Å². The van der Waals surface area contributed by atoms with E-state index in [0.29, 0.717) is 27.1 Å². The highest BCUT2D eigenvalue weighted by atomic mass is 35.5. The van der Waals surface area contributed by atoms with Crippen LogP contribution in [0.5, 0.6) is 0 Å². The molecule has 19 heavy (non-hydrogen) atoms. The first-order chi connectivity index (χ1) is 8.91. The molecule has 0 fully saturated rings. The molecule has 0 saturated carbocycles. The zero-order valence-corrected chi connectivity index (χ0v) is 12.8. The summed E-state index contributed by atoms with van der Waals surface area (Å²) in [6.07, 6.45) is 2.21. The van der Waals surface area contributed by atoms with Crippen LogP contribution in [0.1, 0.15) is 17.9 Å². The van der Waals surface area contributed by atoms with E-state index in [9.17, 15) is 4.39 Å². The normalized spacial score (nSPS) is 19.5. The van der Waals surface area contributed by atoms with Crippen molar-refractivity contribution in [1.82, 2.24) is 0 Å². The van der Waals surface area contributed by atoms with Crippen molar-refractivity contribution in [3.8, 4) is 0 Å². The van der Waals surface area contributed by atoms with Gasteiger partial charge in [0.1, 0.15) is 5.82 Å². The summed E-state index contributed by atoms with van der Waals surface area (Å²) < 4.78 is 14.2. The van der Waals surface area contributed by atoms with Gasteiger partial charge in [0.15, 0.2) is 0 Å². The van der Waals surface area contributed by atoms with Crippen molar-refractivity contribution in [3.05, 3.63) is 50.8 Å². The molecule has 1 aliphatic rings. The summed E-state index contributed by atoms with van der Waals surface area (Å²) in [7, 11) is 3.74. The number of nitrogens with zero attached hydrogens (tertiary/aromatic N) is 1. The Kier molecular flexibility index (Phi) is 4.44. The Labute approximate surface area is 127 Å². The van der Waals surface area contributed by atoms with Crippen molar-refractivity contribution in [2.75, 3.05) is 19.0 Å². The number of halogens is 4. The lowest BCUT2D eigenvalue weighted by molar-refractivity contribution is 0.598. The molecule has 0 aliphatic heterocycles. The van der Waals surface area contributed by atoms with Gasteiger partial charge in [-0.15, -0.1) is 0 Å². The Hall–Kier alpha value is -0.700. The summed E-state index contributed by atoms with van der Waals surface area (Å²) in [6, 6.07) is 5.00. The fourth-order valence-electron chi connectivity index (χ4n) is 2.19. The van der Waals surface area contributed by atoms with Gasteiger partial charge in [-0.3, -0.25) is 0 Å². The van der Waals surface area contributed by atoms with E-state index >= 15 is 0 Å². The molecule has 0 heterocycles. The second kappa shape index (κ2) is 5.74. The topological polar surface area (TPSA) is 3.24 Å². The van der Waals surface area contributed by atoms with Crippen LogP contribution in [0.3, 0.4) is 0 Å². The number of anilines is 1. The quantitative estimate of drug-likeness (QED) is 0.724. The van der Waals surface area contributed by atoms with Crippen molar-refractivity contribution < 1.29 is 4.39 Å². The van der Waals surface area contributed by atoms with Gasteiger partial charge in [-0.25, -0.2) is 4.39 Å². The molecule has 0 N–H and O–H groups in total. The van der Waals surface area contributed by atoms with Gasteiger partial charge in [-0.2, -0.15) is 0 Å². The highest BCUT2D eigenvalue weighted by molar-refractivity contribution is 6.48. The van der Waals surface area contributed by atoms with Gasteiger partial charge < -0.3 is 4.90 Å². The van der Waals surface area contributed by atoms with E-state index in [1.165, 1.54) is 6.07 Å². The molecule has 1 aromatic rings. The van der Waals surface area contributed by atoms with Gasteiger partial charge in [0, 0.05) is 36.3 Å². The first-order valence-electron chi connectivity index (χ1n) is 5.79. The number of rotatable bonds is 2. The summed E-state index contributed by atoms with van der Waals surface area (Å²) in [4.78, 5) is 1.87. The molecule has 5 heteroatoms. The summed E-state index contributed by atoms with van der Waals surface area (Å²) >= 11 is 18.1. The molecule has 102 valence electrons. The second-order valence-electron chi connectivity index (χ2n) is 4.61. The van der Waals surface area contributed by atoms with Crippen molar-refractivity contribution in [2.24, 2.45) is 0 Å². The third-order valence-electron chi connectivity index (χ3n) is 3.08. The molecule has 1 aliphatic carbocycles. The number of benzene rings is 1. The van der Waals surface area contributed by atoms with Gasteiger partial charge in [0.05, 0.1) is 10.1 Å². The van der Waals surface area contributed by atoms with E-state index in [2.05, 4.69) is 0 Å². The average Bonchev–Trinajstić information content (AvgIpc) is 2.35. The van der Waals surface area contributed by atoms with E-state index in [-0.39, 0.29) is 11.7 Å². The van der Waals surface area contributed by atoms with E-state index in [4.69, 9.17) is 34.8 Å². The van der Waals surface area contributed by atoms with Gasteiger partial charge in [-0.05, 0) is 18.6 Å². The predicted molar refractivity (Wildman–Crippen MR) is 80.8 cm³/mol. The van der Waals surface area contributed by atoms with Crippen LogP contribution in [-0.4, -0.2) is 14.1 Å². The molecule has 0 saturated heterocycles. The summed E-state index contributed by atoms with van der Waals surface area (Å²) in [5.74, 6) is -0.472. The molecular formula is C14H13Cl3FN. The Bertz CT molecular complexity index is 564. The Balaban J connectivity index is 2.50. The van der Waals surface area contributed by atoms with Crippen molar-refractivity contribution in [2.45, 2.75) is 12.3 Å². The minimum atomic E-state index is -0.264. The molecule has 1 aromatic carbocycles. The van der Waals surface area contributed by atoms with Crippen molar-refractivity contribution in [1.29, 1.82) is 0 Å². The lowest BCUT2D eigenvalue weighted by atomic mass is 9.90.